The Morgan fingerprint density at radius 2 is 1.91 bits per heavy atom. The normalized spacial score (nSPS) is 29.5. The lowest BCUT2D eigenvalue weighted by Gasteiger charge is -2.32. The first-order valence-corrected chi connectivity index (χ1v) is 19.7. The molecule has 0 radical (unpaired) electrons. The molecule has 4 amide bonds. The number of nitrogens with zero attached hydrogens (tertiary/aromatic N) is 3. The summed E-state index contributed by atoms with van der Waals surface area (Å²) in [7, 11) is 0.949. The molecule has 2 aliphatic heterocycles. The van der Waals surface area contributed by atoms with Crippen molar-refractivity contribution in [2.75, 3.05) is 39.3 Å². The number of carbonyl (C=O) groups excluding carboxylic acids is 3. The fourth-order valence-electron chi connectivity index (χ4n) is 7.76. The number of methoxy groups -OCH3 is 1. The topological polar surface area (TPSA) is 197 Å². The van der Waals surface area contributed by atoms with Crippen LogP contribution in [0.4, 0.5) is 14.9 Å². The fourth-order valence-corrected chi connectivity index (χ4v) is 9.18. The number of fused-ring (bicyclic) bond motifs is 3. The second-order valence-corrected chi connectivity index (χ2v) is 17.6. The molecule has 294 valence electrons. The molecule has 3 heterocycles. The van der Waals surface area contributed by atoms with Crippen LogP contribution < -0.4 is 29.7 Å². The minimum atomic E-state index is -4.39. The number of ether oxygens (including phenoxy) is 2. The van der Waals surface area contributed by atoms with Crippen molar-refractivity contribution in [3.05, 3.63) is 36.5 Å². The van der Waals surface area contributed by atoms with E-state index in [2.05, 4.69) is 20.3 Å². The van der Waals surface area contributed by atoms with Crippen LogP contribution in [0, 0.1) is 17.8 Å². The Kier molecular flexibility index (Phi) is 10.7. The molecule has 7 atom stereocenters. The Bertz CT molecular complexity index is 1960. The Balaban J connectivity index is 1.35. The first-order valence-electron chi connectivity index (χ1n) is 18.3. The molecule has 2 saturated carbocycles. The number of rotatable bonds is 9. The number of carboxylic acid groups (broad SMARTS) is 1. The van der Waals surface area contributed by atoms with Crippen molar-refractivity contribution in [1.82, 2.24) is 25.2 Å². The largest absolute Gasteiger partial charge is 0.494 e. The number of hydrogen-bond acceptors (Lipinski definition) is 10. The van der Waals surface area contributed by atoms with Crippen molar-refractivity contribution in [2.45, 2.75) is 87.3 Å². The lowest BCUT2D eigenvalue weighted by molar-refractivity contribution is -0.142. The standard InChI is InChI=1S/C37H49FN6O9S/c1-21-8-6-7-9-23-17-37(23,34(47)42-54(50,51)36(20-38)12-13-36)41-31(45)28-16-25(19-44(28)33(46)30(22(2)14-21)40-35(48)49)53-32-26-11-10-24(43(3)4)15-27(26)29(52-5)18-39-32/h7,9-11,15,18,21-23,25,28,30,40H,6,8,12-14,16-17,19-20H2,1-5H3,(H,41,45)(H,42,47)(H,48,49)/t21-,22+,23+,25+,28-,30-,37+/m0/s1. The van der Waals surface area contributed by atoms with Gasteiger partial charge in [-0.1, -0.05) is 26.0 Å². The SMILES string of the molecule is COc1cnc(O[C@@H]2C[C@H]3C(=O)N[C@]4(C(=O)NS(=O)(=O)C5(CF)CC5)C[C@H]4C=CCC[C@H](C)C[C@@H](C)[C@H](NC(=O)O)C(=O)N3C2)c2ccc(N(C)C)cc12. The van der Waals surface area contributed by atoms with E-state index < -0.39 is 80.8 Å². The average molecular weight is 773 g/mol. The van der Waals surface area contributed by atoms with E-state index in [1.165, 1.54) is 18.2 Å². The number of sulfonamides is 1. The van der Waals surface area contributed by atoms with Gasteiger partial charge in [-0.15, -0.1) is 0 Å². The van der Waals surface area contributed by atoms with E-state index in [4.69, 9.17) is 9.47 Å². The molecule has 0 bridgehead atoms. The lowest BCUT2D eigenvalue weighted by Crippen LogP contribution is -2.59. The van der Waals surface area contributed by atoms with Crippen molar-refractivity contribution >= 4 is 50.3 Å². The molecule has 1 aromatic carbocycles. The Labute approximate surface area is 314 Å². The molecule has 54 heavy (non-hydrogen) atoms. The number of carbonyl (C=O) groups is 4. The zero-order valence-electron chi connectivity index (χ0n) is 31.1. The van der Waals surface area contributed by atoms with Gasteiger partial charge in [0.25, 0.3) is 5.91 Å². The molecule has 4 N–H and O–H groups in total. The number of aromatic nitrogens is 1. The van der Waals surface area contributed by atoms with Gasteiger partial charge in [-0.3, -0.25) is 19.1 Å². The van der Waals surface area contributed by atoms with Gasteiger partial charge in [0, 0.05) is 42.9 Å². The number of allylic oxidation sites excluding steroid dienone is 1. The summed E-state index contributed by atoms with van der Waals surface area (Å²) < 4.78 is 52.4. The summed E-state index contributed by atoms with van der Waals surface area (Å²) in [6, 6.07) is 3.22. The summed E-state index contributed by atoms with van der Waals surface area (Å²) in [5, 5.41) is 16.3. The van der Waals surface area contributed by atoms with E-state index in [0.717, 1.165) is 11.1 Å². The summed E-state index contributed by atoms with van der Waals surface area (Å²) in [5.41, 5.74) is -0.764. The second-order valence-electron chi connectivity index (χ2n) is 15.5. The number of nitrogens with one attached hydrogen (secondary N) is 3. The maximum Gasteiger partial charge on any atom is 0.405 e. The number of hydrogen-bond donors (Lipinski definition) is 4. The van der Waals surface area contributed by atoms with Gasteiger partial charge < -0.3 is 35.0 Å². The summed E-state index contributed by atoms with van der Waals surface area (Å²) in [4.78, 5) is 62.3. The van der Waals surface area contributed by atoms with Crippen molar-refractivity contribution in [3.63, 3.8) is 0 Å². The van der Waals surface area contributed by atoms with Gasteiger partial charge in [-0.25, -0.2) is 22.6 Å². The first kappa shape index (κ1) is 39.0. The van der Waals surface area contributed by atoms with E-state index in [-0.39, 0.29) is 44.0 Å². The van der Waals surface area contributed by atoms with E-state index in [9.17, 15) is 37.1 Å². The highest BCUT2D eigenvalue weighted by Gasteiger charge is 2.64. The maximum absolute atomic E-state index is 14.4. The molecule has 2 aromatic rings. The summed E-state index contributed by atoms with van der Waals surface area (Å²) >= 11 is 0. The zero-order chi connectivity index (χ0) is 39.2. The monoisotopic (exact) mass is 772 g/mol. The highest BCUT2D eigenvalue weighted by atomic mass is 32.2. The van der Waals surface area contributed by atoms with Crippen LogP contribution in [0.15, 0.2) is 36.5 Å². The molecule has 6 rings (SSSR count). The number of amides is 4. The van der Waals surface area contributed by atoms with E-state index in [1.54, 1.807) is 13.0 Å². The minimum Gasteiger partial charge on any atom is -0.494 e. The van der Waals surface area contributed by atoms with Gasteiger partial charge >= 0.3 is 6.09 Å². The molecule has 4 aliphatic rings. The van der Waals surface area contributed by atoms with Crippen molar-refractivity contribution in [3.8, 4) is 11.6 Å². The van der Waals surface area contributed by atoms with Gasteiger partial charge in [0.15, 0.2) is 0 Å². The molecule has 3 fully saturated rings. The van der Waals surface area contributed by atoms with Crippen LogP contribution in [0.1, 0.15) is 58.8 Å². The second kappa shape index (κ2) is 14.9. The van der Waals surface area contributed by atoms with Gasteiger partial charge in [-0.05, 0) is 68.6 Å². The highest BCUT2D eigenvalue weighted by molar-refractivity contribution is 7.91. The Hall–Kier alpha value is -4.67. The molecule has 17 heteroatoms. The smallest absolute Gasteiger partial charge is 0.405 e. The van der Waals surface area contributed by atoms with Crippen LogP contribution in [0.25, 0.3) is 10.8 Å². The lowest BCUT2D eigenvalue weighted by atomic mass is 9.88. The zero-order valence-corrected chi connectivity index (χ0v) is 31.9. The predicted octanol–water partition coefficient (Wildman–Crippen LogP) is 3.13. The number of anilines is 1. The third-order valence-electron chi connectivity index (χ3n) is 11.4. The van der Waals surface area contributed by atoms with Crippen LogP contribution in [-0.4, -0.2) is 110 Å². The summed E-state index contributed by atoms with van der Waals surface area (Å²) in [6.07, 6.45) is 4.99. The molecule has 1 saturated heterocycles. The number of halogens is 1. The van der Waals surface area contributed by atoms with Gasteiger partial charge in [0.2, 0.25) is 27.7 Å². The Morgan fingerprint density at radius 3 is 2.56 bits per heavy atom. The van der Waals surface area contributed by atoms with Gasteiger partial charge in [0.05, 0.1) is 19.9 Å². The van der Waals surface area contributed by atoms with E-state index in [1.807, 2.05) is 50.2 Å². The molecule has 0 unspecified atom stereocenters. The van der Waals surface area contributed by atoms with Gasteiger partial charge in [-0.2, -0.15) is 0 Å². The number of alkyl halides is 1. The van der Waals surface area contributed by atoms with E-state index >= 15 is 0 Å². The van der Waals surface area contributed by atoms with Crippen LogP contribution in [0.5, 0.6) is 11.6 Å². The fraction of sp³-hybridized carbons (Fsp3) is 0.595. The van der Waals surface area contributed by atoms with Crippen LogP contribution in [-0.2, 0) is 24.4 Å². The molecule has 0 spiro atoms. The number of benzene rings is 1. The van der Waals surface area contributed by atoms with Crippen LogP contribution in [0.2, 0.25) is 0 Å². The van der Waals surface area contributed by atoms with Crippen molar-refractivity contribution < 1.29 is 46.6 Å². The third-order valence-corrected chi connectivity index (χ3v) is 13.5. The highest BCUT2D eigenvalue weighted by Crippen LogP contribution is 2.48. The van der Waals surface area contributed by atoms with Crippen LogP contribution in [0.3, 0.4) is 0 Å². The third kappa shape index (κ3) is 7.51. The molecular formula is C37H49FN6O9S. The van der Waals surface area contributed by atoms with Crippen LogP contribution >= 0.6 is 0 Å². The number of pyridine rings is 1. The predicted molar refractivity (Wildman–Crippen MR) is 197 cm³/mol. The minimum absolute atomic E-state index is 0.0470. The molecule has 1 aromatic heterocycles. The van der Waals surface area contributed by atoms with Crippen molar-refractivity contribution in [1.29, 1.82) is 0 Å². The first-order chi connectivity index (χ1) is 25.5. The molecular weight excluding hydrogens is 724 g/mol. The Morgan fingerprint density at radius 1 is 1.17 bits per heavy atom. The quantitative estimate of drug-likeness (QED) is 0.274. The van der Waals surface area contributed by atoms with Gasteiger partial charge in [0.1, 0.15) is 40.9 Å². The summed E-state index contributed by atoms with van der Waals surface area (Å²) in [5.74, 6) is -2.52. The van der Waals surface area contributed by atoms with Crippen molar-refractivity contribution in [2.24, 2.45) is 17.8 Å². The average Bonchev–Trinajstić information content (AvgIpc) is 4.03. The maximum atomic E-state index is 14.4. The molecule has 15 nitrogen and oxygen atoms in total. The molecule has 2 aliphatic carbocycles. The summed E-state index contributed by atoms with van der Waals surface area (Å²) in [6.45, 7) is 2.54. The van der Waals surface area contributed by atoms with E-state index in [0.29, 0.717) is 30.4 Å².